The van der Waals surface area contributed by atoms with Crippen LogP contribution in [0.1, 0.15) is 38.5 Å². The van der Waals surface area contributed by atoms with E-state index in [0.29, 0.717) is 12.6 Å². The Kier molecular flexibility index (Phi) is 3.82. The zero-order chi connectivity index (χ0) is 11.4. The van der Waals surface area contributed by atoms with E-state index in [-0.39, 0.29) is 17.9 Å². The largest absolute Gasteiger partial charge is 0.396 e. The maximum absolute atomic E-state index is 11.6. The fourth-order valence-corrected chi connectivity index (χ4v) is 2.36. The van der Waals surface area contributed by atoms with E-state index < -0.39 is 0 Å². The molecule has 0 spiro atoms. The van der Waals surface area contributed by atoms with Crippen LogP contribution in [-0.4, -0.2) is 36.8 Å². The molecule has 2 saturated carbocycles. The minimum atomic E-state index is 0.0909. The topological polar surface area (TPSA) is 61.4 Å². The van der Waals surface area contributed by atoms with Crippen LogP contribution in [0, 0.1) is 5.41 Å². The molecule has 0 aromatic carbocycles. The third-order valence-electron chi connectivity index (χ3n) is 3.80. The van der Waals surface area contributed by atoms with Crippen LogP contribution in [0.15, 0.2) is 0 Å². The van der Waals surface area contributed by atoms with Crippen molar-refractivity contribution in [3.63, 3.8) is 0 Å². The van der Waals surface area contributed by atoms with E-state index in [4.69, 9.17) is 5.11 Å². The normalized spacial score (nSPS) is 23.3. The number of rotatable bonds is 6. The van der Waals surface area contributed by atoms with Crippen molar-refractivity contribution in [2.75, 3.05) is 19.7 Å². The first kappa shape index (κ1) is 11.9. The standard InChI is InChI=1S/C12H22N2O2/c15-9-12(5-6-12)8-13-7-11(16)14-10-3-1-2-4-10/h10,13,15H,1-9H2,(H,14,16). The average molecular weight is 226 g/mol. The van der Waals surface area contributed by atoms with Gasteiger partial charge in [0.2, 0.25) is 5.91 Å². The van der Waals surface area contributed by atoms with E-state index >= 15 is 0 Å². The van der Waals surface area contributed by atoms with Crippen molar-refractivity contribution in [2.45, 2.75) is 44.6 Å². The summed E-state index contributed by atoms with van der Waals surface area (Å²) in [6.07, 6.45) is 6.91. The summed E-state index contributed by atoms with van der Waals surface area (Å²) in [5, 5.41) is 15.3. The molecule has 3 N–H and O–H groups in total. The van der Waals surface area contributed by atoms with Crippen LogP contribution in [0.4, 0.5) is 0 Å². The van der Waals surface area contributed by atoms with Crippen molar-refractivity contribution in [3.8, 4) is 0 Å². The van der Waals surface area contributed by atoms with Crippen LogP contribution in [0.3, 0.4) is 0 Å². The van der Waals surface area contributed by atoms with Crippen molar-refractivity contribution < 1.29 is 9.90 Å². The van der Waals surface area contributed by atoms with Gasteiger partial charge in [-0.2, -0.15) is 0 Å². The predicted octanol–water partition coefficient (Wildman–Crippen LogP) is 0.407. The second-order valence-electron chi connectivity index (χ2n) is 5.31. The van der Waals surface area contributed by atoms with Gasteiger partial charge in [0, 0.05) is 24.6 Å². The number of aliphatic hydroxyl groups excluding tert-OH is 1. The molecule has 1 amide bonds. The summed E-state index contributed by atoms with van der Waals surface area (Å²) in [6, 6.07) is 0.405. The Balaban J connectivity index is 1.57. The molecule has 0 aromatic rings. The first-order chi connectivity index (χ1) is 7.74. The first-order valence-corrected chi connectivity index (χ1v) is 6.35. The quantitative estimate of drug-likeness (QED) is 0.614. The van der Waals surface area contributed by atoms with Crippen LogP contribution in [-0.2, 0) is 4.79 Å². The number of nitrogens with one attached hydrogen (secondary N) is 2. The number of carbonyl (C=O) groups is 1. The number of hydrogen-bond acceptors (Lipinski definition) is 3. The van der Waals surface area contributed by atoms with E-state index in [0.717, 1.165) is 32.2 Å². The van der Waals surface area contributed by atoms with Crippen LogP contribution in [0.2, 0.25) is 0 Å². The van der Waals surface area contributed by atoms with Gasteiger partial charge in [-0.1, -0.05) is 12.8 Å². The molecule has 0 atom stereocenters. The summed E-state index contributed by atoms with van der Waals surface area (Å²) >= 11 is 0. The monoisotopic (exact) mass is 226 g/mol. The van der Waals surface area contributed by atoms with Crippen molar-refractivity contribution in [1.82, 2.24) is 10.6 Å². The molecule has 0 heterocycles. The fourth-order valence-electron chi connectivity index (χ4n) is 2.36. The Morgan fingerprint density at radius 2 is 2.00 bits per heavy atom. The lowest BCUT2D eigenvalue weighted by molar-refractivity contribution is -0.120. The lowest BCUT2D eigenvalue weighted by Crippen LogP contribution is -2.40. The Labute approximate surface area is 96.8 Å². The Morgan fingerprint density at radius 1 is 1.31 bits per heavy atom. The van der Waals surface area contributed by atoms with E-state index in [1.54, 1.807) is 0 Å². The maximum atomic E-state index is 11.6. The van der Waals surface area contributed by atoms with Crippen LogP contribution >= 0.6 is 0 Å². The minimum Gasteiger partial charge on any atom is -0.396 e. The second kappa shape index (κ2) is 5.15. The van der Waals surface area contributed by atoms with Gasteiger partial charge in [0.1, 0.15) is 0 Å². The molecule has 2 fully saturated rings. The average Bonchev–Trinajstić information content (AvgIpc) is 2.87. The zero-order valence-corrected chi connectivity index (χ0v) is 9.80. The zero-order valence-electron chi connectivity index (χ0n) is 9.80. The van der Waals surface area contributed by atoms with Gasteiger partial charge >= 0.3 is 0 Å². The predicted molar refractivity (Wildman–Crippen MR) is 62.0 cm³/mol. The highest BCUT2D eigenvalue weighted by molar-refractivity contribution is 5.78. The number of carbonyl (C=O) groups excluding carboxylic acids is 1. The molecule has 0 aromatic heterocycles. The van der Waals surface area contributed by atoms with Gasteiger partial charge in [-0.05, 0) is 25.7 Å². The highest BCUT2D eigenvalue weighted by atomic mass is 16.3. The smallest absolute Gasteiger partial charge is 0.234 e. The molecule has 2 aliphatic carbocycles. The maximum Gasteiger partial charge on any atom is 0.234 e. The van der Waals surface area contributed by atoms with Gasteiger partial charge in [0.25, 0.3) is 0 Å². The van der Waals surface area contributed by atoms with Gasteiger partial charge in [-0.15, -0.1) is 0 Å². The third kappa shape index (κ3) is 3.19. The minimum absolute atomic E-state index is 0.0909. The second-order valence-corrected chi connectivity index (χ2v) is 5.31. The number of amides is 1. The molecule has 2 aliphatic rings. The lowest BCUT2D eigenvalue weighted by Gasteiger charge is -2.15. The van der Waals surface area contributed by atoms with E-state index in [9.17, 15) is 4.79 Å². The summed E-state index contributed by atoms with van der Waals surface area (Å²) in [7, 11) is 0. The summed E-state index contributed by atoms with van der Waals surface area (Å²) in [5.41, 5.74) is 0.0909. The highest BCUT2D eigenvalue weighted by Crippen LogP contribution is 2.44. The van der Waals surface area contributed by atoms with Crippen LogP contribution < -0.4 is 10.6 Å². The summed E-state index contributed by atoms with van der Waals surface area (Å²) in [6.45, 7) is 1.39. The molecule has 4 nitrogen and oxygen atoms in total. The third-order valence-corrected chi connectivity index (χ3v) is 3.80. The molecule has 0 saturated heterocycles. The fraction of sp³-hybridized carbons (Fsp3) is 0.917. The van der Waals surface area contributed by atoms with Crippen molar-refractivity contribution in [3.05, 3.63) is 0 Å². The van der Waals surface area contributed by atoms with Crippen molar-refractivity contribution in [2.24, 2.45) is 5.41 Å². The highest BCUT2D eigenvalue weighted by Gasteiger charge is 2.41. The molecule has 16 heavy (non-hydrogen) atoms. The van der Waals surface area contributed by atoms with E-state index in [1.807, 2.05) is 0 Å². The Hall–Kier alpha value is -0.610. The summed E-state index contributed by atoms with van der Waals surface area (Å²) in [4.78, 5) is 11.6. The van der Waals surface area contributed by atoms with Gasteiger partial charge in [0.15, 0.2) is 0 Å². The Bertz CT molecular complexity index is 245. The van der Waals surface area contributed by atoms with Crippen LogP contribution in [0.25, 0.3) is 0 Å². The molecule has 0 unspecified atom stereocenters. The van der Waals surface area contributed by atoms with Gasteiger partial charge in [0.05, 0.1) is 6.54 Å². The SMILES string of the molecule is O=C(CNCC1(CO)CC1)NC1CCCC1. The number of aliphatic hydroxyl groups is 1. The van der Waals surface area contributed by atoms with Crippen molar-refractivity contribution >= 4 is 5.91 Å². The Morgan fingerprint density at radius 3 is 2.56 bits per heavy atom. The molecule has 0 radical (unpaired) electrons. The molecule has 4 heteroatoms. The van der Waals surface area contributed by atoms with Crippen LogP contribution in [0.5, 0.6) is 0 Å². The van der Waals surface area contributed by atoms with E-state index in [1.165, 1.54) is 12.8 Å². The molecular weight excluding hydrogens is 204 g/mol. The lowest BCUT2D eigenvalue weighted by atomic mass is 10.1. The van der Waals surface area contributed by atoms with Gasteiger partial charge in [-0.25, -0.2) is 0 Å². The molecule has 2 rings (SSSR count). The van der Waals surface area contributed by atoms with Gasteiger partial charge in [-0.3, -0.25) is 4.79 Å². The summed E-state index contributed by atoms with van der Waals surface area (Å²) < 4.78 is 0. The summed E-state index contributed by atoms with van der Waals surface area (Å²) in [5.74, 6) is 0.0978. The molecule has 92 valence electrons. The van der Waals surface area contributed by atoms with Crippen molar-refractivity contribution in [1.29, 1.82) is 0 Å². The number of hydrogen-bond donors (Lipinski definition) is 3. The first-order valence-electron chi connectivity index (χ1n) is 6.35. The molecule has 0 bridgehead atoms. The molecular formula is C12H22N2O2. The van der Waals surface area contributed by atoms with E-state index in [2.05, 4.69) is 10.6 Å². The molecule has 0 aliphatic heterocycles. The van der Waals surface area contributed by atoms with Gasteiger partial charge < -0.3 is 15.7 Å².